The molecule has 4 rings (SSSR count). The van der Waals surface area contributed by atoms with Crippen molar-refractivity contribution in [1.29, 1.82) is 0 Å². The number of hydrogen-bond acceptors (Lipinski definition) is 5. The third-order valence-electron chi connectivity index (χ3n) is 4.43. The summed E-state index contributed by atoms with van der Waals surface area (Å²) < 4.78 is 13.4. The predicted octanol–water partition coefficient (Wildman–Crippen LogP) is 4.07. The molecule has 8 heteroatoms. The lowest BCUT2D eigenvalue weighted by Crippen LogP contribution is -2.07. The zero-order valence-electron chi connectivity index (χ0n) is 15.5. The number of fused-ring (bicyclic) bond motifs is 1. The number of aromatic nitrogens is 3. The van der Waals surface area contributed by atoms with E-state index >= 15 is 0 Å². The van der Waals surface area contributed by atoms with Crippen molar-refractivity contribution < 1.29 is 14.1 Å². The lowest BCUT2D eigenvalue weighted by atomic mass is 10.0. The molecule has 0 radical (unpaired) electrons. The molecule has 2 aromatic carbocycles. The Labute approximate surface area is 174 Å². The van der Waals surface area contributed by atoms with Crippen LogP contribution in [0.25, 0.3) is 22.0 Å². The maximum Gasteiger partial charge on any atom is 0.323 e. The van der Waals surface area contributed by atoms with Crippen molar-refractivity contribution in [3.63, 3.8) is 0 Å². The van der Waals surface area contributed by atoms with Gasteiger partial charge in [0, 0.05) is 61.3 Å². The molecule has 0 spiro atoms. The van der Waals surface area contributed by atoms with Crippen LogP contribution in [0.5, 0.6) is 0 Å². The van der Waals surface area contributed by atoms with Crippen LogP contribution in [0, 0.1) is 0 Å². The lowest BCUT2D eigenvalue weighted by molar-refractivity contribution is -0.137. The first-order chi connectivity index (χ1) is 14.0. The van der Waals surface area contributed by atoms with Gasteiger partial charge in [0.05, 0.1) is 5.52 Å². The Morgan fingerprint density at radius 2 is 1.86 bits per heavy atom. The number of nitrogens with zero attached hydrogens (tertiary/aromatic N) is 3. The summed E-state index contributed by atoms with van der Waals surface area (Å²) in [4.78, 5) is 22.3. The smallest absolute Gasteiger partial charge is 0.323 e. The van der Waals surface area contributed by atoms with Crippen molar-refractivity contribution in [3.05, 3.63) is 67.4 Å². The van der Waals surface area contributed by atoms with Crippen molar-refractivity contribution in [2.24, 2.45) is 0 Å². The molecular formula is C21H17N3O3S2. The summed E-state index contributed by atoms with van der Waals surface area (Å²) >= 11 is 1.54. The zero-order valence-corrected chi connectivity index (χ0v) is 17.1. The Kier molecular flexibility index (Phi) is 5.46. The van der Waals surface area contributed by atoms with Gasteiger partial charge in [-0.25, -0.2) is 9.97 Å². The zero-order chi connectivity index (χ0) is 20.4. The molecule has 0 saturated carbocycles. The fraction of sp³-hybridized carbons (Fsp3) is 0.0952. The molecule has 0 amide bonds. The fourth-order valence-electron chi connectivity index (χ4n) is 3.17. The van der Waals surface area contributed by atoms with Gasteiger partial charge in [0.25, 0.3) is 0 Å². The molecule has 4 aromatic rings. The van der Waals surface area contributed by atoms with Gasteiger partial charge < -0.3 is 9.67 Å². The quantitative estimate of drug-likeness (QED) is 0.503. The summed E-state index contributed by atoms with van der Waals surface area (Å²) in [5.74, 6) is -0.901. The van der Waals surface area contributed by atoms with E-state index < -0.39 is 16.8 Å². The molecule has 0 fully saturated rings. The van der Waals surface area contributed by atoms with Crippen LogP contribution >= 0.6 is 11.8 Å². The summed E-state index contributed by atoms with van der Waals surface area (Å²) in [6, 6.07) is 13.4. The standard InChI is InChI=1S/C21H17N3O3S2/c1-29(27)16-7-5-15(6-8-16)28-19-11-24(12-20(25)26)18-4-2-3-17(21(18)19)14-9-22-13-23-10-14/h2-11,13H,12H2,1H3,(H,25,26). The van der Waals surface area contributed by atoms with Crippen molar-refractivity contribution in [1.82, 2.24) is 14.5 Å². The summed E-state index contributed by atoms with van der Waals surface area (Å²) in [5.41, 5.74) is 2.65. The molecule has 1 atom stereocenters. The summed E-state index contributed by atoms with van der Waals surface area (Å²) in [6.07, 6.45) is 8.48. The maximum absolute atomic E-state index is 11.6. The van der Waals surface area contributed by atoms with Gasteiger partial charge in [0.1, 0.15) is 12.9 Å². The first-order valence-corrected chi connectivity index (χ1v) is 11.1. The van der Waals surface area contributed by atoms with Crippen LogP contribution in [0.2, 0.25) is 0 Å². The molecule has 0 aliphatic rings. The average molecular weight is 424 g/mol. The topological polar surface area (TPSA) is 85.1 Å². The van der Waals surface area contributed by atoms with Gasteiger partial charge in [-0.15, -0.1) is 0 Å². The van der Waals surface area contributed by atoms with Crippen LogP contribution in [0.1, 0.15) is 0 Å². The minimum Gasteiger partial charge on any atom is -0.480 e. The Balaban J connectivity index is 1.85. The van der Waals surface area contributed by atoms with Crippen LogP contribution in [-0.4, -0.2) is 36.1 Å². The first-order valence-electron chi connectivity index (χ1n) is 8.73. The Hall–Kier alpha value is -2.97. The van der Waals surface area contributed by atoms with E-state index in [-0.39, 0.29) is 6.54 Å². The molecule has 1 unspecified atom stereocenters. The van der Waals surface area contributed by atoms with E-state index in [2.05, 4.69) is 9.97 Å². The summed E-state index contributed by atoms with van der Waals surface area (Å²) in [7, 11) is -1.03. The summed E-state index contributed by atoms with van der Waals surface area (Å²) in [6.45, 7) is -0.125. The summed E-state index contributed by atoms with van der Waals surface area (Å²) in [5, 5.41) is 10.3. The highest BCUT2D eigenvalue weighted by Crippen LogP contribution is 2.40. The number of aliphatic carboxylic acids is 1. The van der Waals surface area contributed by atoms with E-state index in [9.17, 15) is 14.1 Å². The largest absolute Gasteiger partial charge is 0.480 e. The molecule has 1 N–H and O–H groups in total. The molecule has 0 bridgehead atoms. The number of carboxylic acids is 1. The van der Waals surface area contributed by atoms with Gasteiger partial charge in [-0.05, 0) is 35.9 Å². The monoisotopic (exact) mass is 423 g/mol. The third-order valence-corrected chi connectivity index (χ3v) is 6.41. The minimum atomic E-state index is -1.03. The molecule has 146 valence electrons. The van der Waals surface area contributed by atoms with Crippen molar-refractivity contribution >= 4 is 39.4 Å². The maximum atomic E-state index is 11.6. The van der Waals surface area contributed by atoms with Crippen LogP contribution in [0.3, 0.4) is 0 Å². The van der Waals surface area contributed by atoms with E-state index in [1.54, 1.807) is 35.0 Å². The number of rotatable bonds is 6. The molecule has 0 aliphatic carbocycles. The average Bonchev–Trinajstić information content (AvgIpc) is 3.06. The van der Waals surface area contributed by atoms with Gasteiger partial charge in [-0.2, -0.15) is 0 Å². The number of benzene rings is 2. The van der Waals surface area contributed by atoms with Gasteiger partial charge >= 0.3 is 5.97 Å². The molecule has 2 heterocycles. The number of hydrogen-bond donors (Lipinski definition) is 1. The van der Waals surface area contributed by atoms with Gasteiger partial charge in [-0.1, -0.05) is 23.9 Å². The Bertz CT molecular complexity index is 1210. The van der Waals surface area contributed by atoms with Gasteiger partial charge in [-0.3, -0.25) is 9.00 Å². The van der Waals surface area contributed by atoms with E-state index in [4.69, 9.17) is 0 Å². The first kappa shape index (κ1) is 19.4. The molecular weight excluding hydrogens is 406 g/mol. The molecule has 2 aromatic heterocycles. The van der Waals surface area contributed by atoms with Crippen LogP contribution < -0.4 is 0 Å². The number of carboxylic acid groups (broad SMARTS) is 1. The second-order valence-electron chi connectivity index (χ2n) is 6.37. The van der Waals surface area contributed by atoms with Crippen molar-refractivity contribution in [3.8, 4) is 11.1 Å². The fourth-order valence-corrected chi connectivity index (χ4v) is 4.72. The Morgan fingerprint density at radius 3 is 2.52 bits per heavy atom. The van der Waals surface area contributed by atoms with E-state index in [1.807, 2.05) is 48.7 Å². The Morgan fingerprint density at radius 1 is 1.14 bits per heavy atom. The minimum absolute atomic E-state index is 0.125. The molecule has 6 nitrogen and oxygen atoms in total. The molecule has 29 heavy (non-hydrogen) atoms. The van der Waals surface area contributed by atoms with Gasteiger partial charge in [0.2, 0.25) is 0 Å². The van der Waals surface area contributed by atoms with Crippen molar-refractivity contribution in [2.45, 2.75) is 21.2 Å². The van der Waals surface area contributed by atoms with Crippen molar-refractivity contribution in [2.75, 3.05) is 6.26 Å². The van der Waals surface area contributed by atoms with Gasteiger partial charge in [0.15, 0.2) is 0 Å². The van der Waals surface area contributed by atoms with Crippen LogP contribution in [0.15, 0.2) is 82.1 Å². The highest BCUT2D eigenvalue weighted by atomic mass is 32.2. The highest BCUT2D eigenvalue weighted by Gasteiger charge is 2.16. The highest BCUT2D eigenvalue weighted by molar-refractivity contribution is 7.99. The second-order valence-corrected chi connectivity index (χ2v) is 8.86. The number of carbonyl (C=O) groups is 1. The van der Waals surface area contributed by atoms with Crippen LogP contribution in [0.4, 0.5) is 0 Å². The van der Waals surface area contributed by atoms with E-state index in [1.165, 1.54) is 6.33 Å². The van der Waals surface area contributed by atoms with E-state index in [0.717, 1.165) is 36.7 Å². The lowest BCUT2D eigenvalue weighted by Gasteiger charge is -2.07. The SMILES string of the molecule is CS(=O)c1ccc(Sc2cn(CC(=O)O)c3cccc(-c4cncnc4)c23)cc1. The predicted molar refractivity (Wildman–Crippen MR) is 113 cm³/mol. The second kappa shape index (κ2) is 8.18. The molecule has 0 saturated heterocycles. The third kappa shape index (κ3) is 4.08. The normalized spacial score (nSPS) is 12.2. The van der Waals surface area contributed by atoms with E-state index in [0.29, 0.717) is 0 Å². The van der Waals surface area contributed by atoms with Crippen LogP contribution in [-0.2, 0) is 22.1 Å². The molecule has 0 aliphatic heterocycles.